The third kappa shape index (κ3) is 4.17. The Morgan fingerprint density at radius 3 is 1.88 bits per heavy atom. The van der Waals surface area contributed by atoms with Gasteiger partial charge in [0.25, 0.3) is 0 Å². The lowest BCUT2D eigenvalue weighted by Gasteiger charge is -2.34. The number of benzene rings is 2. The lowest BCUT2D eigenvalue weighted by molar-refractivity contribution is 0.384. The molecule has 3 heterocycles. The highest BCUT2D eigenvalue weighted by atomic mass is 32.2. The van der Waals surface area contributed by atoms with Crippen LogP contribution in [0.4, 0.5) is 11.6 Å². The van der Waals surface area contributed by atoms with Crippen LogP contribution in [0.5, 0.6) is 0 Å². The molecule has 0 unspecified atom stereocenters. The van der Waals surface area contributed by atoms with E-state index in [1.807, 2.05) is 48.5 Å². The van der Waals surface area contributed by atoms with Gasteiger partial charge in [-0.05, 0) is 36.4 Å². The molecule has 0 amide bonds. The Balaban J connectivity index is 1.27. The first-order valence-corrected chi connectivity index (χ1v) is 12.9. The van der Waals surface area contributed by atoms with Crippen LogP contribution in [0, 0.1) is 0 Å². The van der Waals surface area contributed by atoms with E-state index in [2.05, 4.69) is 20.0 Å². The molecule has 2 saturated heterocycles. The third-order valence-corrected chi connectivity index (χ3v) is 8.45. The second kappa shape index (κ2) is 9.03. The minimum Gasteiger partial charge on any atom is -0.355 e. The van der Waals surface area contributed by atoms with Crippen molar-refractivity contribution >= 4 is 32.4 Å². The molecule has 8 heteroatoms. The summed E-state index contributed by atoms with van der Waals surface area (Å²) in [6.07, 6.45) is 4.98. The molecular weight excluding hydrogens is 422 g/mol. The first-order chi connectivity index (χ1) is 15.6. The standard InChI is InChI=1S/C24H29N5O2S/c30-32(31,22-11-7-9-20-8-3-4-10-21(20)22)29-18-16-28(17-19-29)24-13-12-23(25-26-24)27-14-5-1-2-6-15-27/h3-4,7-13H,1-2,5-6,14-19H2. The molecule has 1 aromatic heterocycles. The molecule has 2 fully saturated rings. The zero-order valence-electron chi connectivity index (χ0n) is 18.2. The molecule has 2 aliphatic rings. The predicted molar refractivity (Wildman–Crippen MR) is 128 cm³/mol. The van der Waals surface area contributed by atoms with Crippen LogP contribution in [0.1, 0.15) is 25.7 Å². The predicted octanol–water partition coefficient (Wildman–Crippen LogP) is 3.52. The number of hydrogen-bond donors (Lipinski definition) is 0. The summed E-state index contributed by atoms with van der Waals surface area (Å²) in [6, 6.07) is 17.2. The Bertz CT molecular complexity index is 1160. The van der Waals surface area contributed by atoms with Crippen molar-refractivity contribution in [2.75, 3.05) is 49.1 Å². The summed E-state index contributed by atoms with van der Waals surface area (Å²) in [5, 5.41) is 10.6. The average molecular weight is 452 g/mol. The van der Waals surface area contributed by atoms with Crippen LogP contribution in [0.25, 0.3) is 10.8 Å². The van der Waals surface area contributed by atoms with E-state index in [0.29, 0.717) is 31.1 Å². The molecular formula is C24H29N5O2S. The summed E-state index contributed by atoms with van der Waals surface area (Å²) in [5.74, 6) is 1.75. The van der Waals surface area contributed by atoms with Gasteiger partial charge in [0.1, 0.15) is 0 Å². The van der Waals surface area contributed by atoms with E-state index in [1.165, 1.54) is 25.7 Å². The molecule has 0 N–H and O–H groups in total. The second-order valence-electron chi connectivity index (χ2n) is 8.52. The van der Waals surface area contributed by atoms with E-state index >= 15 is 0 Å². The van der Waals surface area contributed by atoms with Crippen LogP contribution in [0.2, 0.25) is 0 Å². The average Bonchev–Trinajstić information content (AvgIpc) is 3.14. The number of sulfonamides is 1. The highest BCUT2D eigenvalue weighted by Gasteiger charge is 2.30. The molecule has 0 saturated carbocycles. The van der Waals surface area contributed by atoms with E-state index in [9.17, 15) is 8.42 Å². The smallest absolute Gasteiger partial charge is 0.243 e. The van der Waals surface area contributed by atoms with Crippen LogP contribution in [-0.2, 0) is 10.0 Å². The van der Waals surface area contributed by atoms with Gasteiger partial charge in [-0.1, -0.05) is 49.2 Å². The van der Waals surface area contributed by atoms with Crippen molar-refractivity contribution in [1.29, 1.82) is 0 Å². The number of hydrogen-bond acceptors (Lipinski definition) is 6. The van der Waals surface area contributed by atoms with Gasteiger partial charge in [-0.25, -0.2) is 8.42 Å². The van der Waals surface area contributed by atoms with Gasteiger partial charge >= 0.3 is 0 Å². The highest BCUT2D eigenvalue weighted by molar-refractivity contribution is 7.89. The first kappa shape index (κ1) is 21.2. The minimum atomic E-state index is -3.55. The fraction of sp³-hybridized carbons (Fsp3) is 0.417. The Labute approximate surface area is 189 Å². The molecule has 7 nitrogen and oxygen atoms in total. The van der Waals surface area contributed by atoms with Crippen molar-refractivity contribution in [3.8, 4) is 0 Å². The maximum atomic E-state index is 13.4. The van der Waals surface area contributed by atoms with E-state index in [0.717, 1.165) is 35.5 Å². The number of rotatable bonds is 4. The SMILES string of the molecule is O=S(=O)(c1cccc2ccccc12)N1CCN(c2ccc(N3CCCCCC3)nn2)CC1. The molecule has 0 atom stereocenters. The monoisotopic (exact) mass is 451 g/mol. The van der Waals surface area contributed by atoms with Crippen LogP contribution < -0.4 is 9.80 Å². The number of aromatic nitrogens is 2. The van der Waals surface area contributed by atoms with Crippen LogP contribution in [0.15, 0.2) is 59.5 Å². The van der Waals surface area contributed by atoms with Crippen molar-refractivity contribution < 1.29 is 8.42 Å². The van der Waals surface area contributed by atoms with Gasteiger partial charge in [0, 0.05) is 44.7 Å². The Morgan fingerprint density at radius 1 is 0.625 bits per heavy atom. The zero-order valence-corrected chi connectivity index (χ0v) is 19.0. The van der Waals surface area contributed by atoms with Crippen molar-refractivity contribution in [1.82, 2.24) is 14.5 Å². The van der Waals surface area contributed by atoms with E-state index in [-0.39, 0.29) is 0 Å². The summed E-state index contributed by atoms with van der Waals surface area (Å²) in [6.45, 7) is 4.14. The molecule has 3 aromatic rings. The fourth-order valence-electron chi connectivity index (χ4n) is 4.67. The number of anilines is 2. The lowest BCUT2D eigenvalue weighted by atomic mass is 10.1. The van der Waals surface area contributed by atoms with Crippen molar-refractivity contribution in [2.45, 2.75) is 30.6 Å². The number of piperazine rings is 1. The topological polar surface area (TPSA) is 69.6 Å². The number of nitrogens with zero attached hydrogens (tertiary/aromatic N) is 5. The largest absolute Gasteiger partial charge is 0.355 e. The molecule has 2 aliphatic heterocycles. The molecule has 168 valence electrons. The van der Waals surface area contributed by atoms with Gasteiger partial charge in [0.15, 0.2) is 11.6 Å². The second-order valence-corrected chi connectivity index (χ2v) is 10.4. The maximum Gasteiger partial charge on any atom is 0.243 e. The maximum absolute atomic E-state index is 13.4. The van der Waals surface area contributed by atoms with E-state index in [4.69, 9.17) is 0 Å². The van der Waals surface area contributed by atoms with E-state index < -0.39 is 10.0 Å². The summed E-state index contributed by atoms with van der Waals surface area (Å²) < 4.78 is 28.3. The lowest BCUT2D eigenvalue weighted by Crippen LogP contribution is -2.49. The Hall–Kier alpha value is -2.71. The van der Waals surface area contributed by atoms with Crippen LogP contribution >= 0.6 is 0 Å². The number of fused-ring (bicyclic) bond motifs is 1. The normalized spacial score (nSPS) is 18.6. The Kier molecular flexibility index (Phi) is 5.97. The first-order valence-electron chi connectivity index (χ1n) is 11.4. The highest BCUT2D eigenvalue weighted by Crippen LogP contribution is 2.27. The summed E-state index contributed by atoms with van der Waals surface area (Å²) in [7, 11) is -3.55. The van der Waals surface area contributed by atoms with E-state index in [1.54, 1.807) is 10.4 Å². The molecule has 0 radical (unpaired) electrons. The van der Waals surface area contributed by atoms with Crippen molar-refractivity contribution in [3.63, 3.8) is 0 Å². The van der Waals surface area contributed by atoms with Gasteiger partial charge in [-0.2, -0.15) is 4.31 Å². The molecule has 5 rings (SSSR count). The Morgan fingerprint density at radius 2 is 1.22 bits per heavy atom. The van der Waals surface area contributed by atoms with Crippen molar-refractivity contribution in [3.05, 3.63) is 54.6 Å². The summed E-state index contributed by atoms with van der Waals surface area (Å²) in [5.41, 5.74) is 0. The molecule has 0 bridgehead atoms. The zero-order chi connectivity index (χ0) is 22.0. The van der Waals surface area contributed by atoms with Crippen LogP contribution in [-0.4, -0.2) is 62.2 Å². The molecule has 32 heavy (non-hydrogen) atoms. The third-order valence-electron chi connectivity index (χ3n) is 6.50. The van der Waals surface area contributed by atoms with Crippen LogP contribution in [0.3, 0.4) is 0 Å². The van der Waals surface area contributed by atoms with Gasteiger partial charge < -0.3 is 9.80 Å². The van der Waals surface area contributed by atoms with Crippen molar-refractivity contribution in [2.24, 2.45) is 0 Å². The summed E-state index contributed by atoms with van der Waals surface area (Å²) in [4.78, 5) is 4.82. The van der Waals surface area contributed by atoms with Gasteiger partial charge in [0.05, 0.1) is 4.90 Å². The fourth-order valence-corrected chi connectivity index (χ4v) is 6.31. The van der Waals surface area contributed by atoms with Gasteiger partial charge in [-0.15, -0.1) is 10.2 Å². The summed E-state index contributed by atoms with van der Waals surface area (Å²) >= 11 is 0. The molecule has 2 aromatic carbocycles. The minimum absolute atomic E-state index is 0.380. The molecule has 0 aliphatic carbocycles. The quantitative estimate of drug-likeness (QED) is 0.605. The van der Waals surface area contributed by atoms with Gasteiger partial charge in [0.2, 0.25) is 10.0 Å². The van der Waals surface area contributed by atoms with Gasteiger partial charge in [-0.3, -0.25) is 0 Å². The molecule has 0 spiro atoms.